The summed E-state index contributed by atoms with van der Waals surface area (Å²) in [5, 5.41) is 8.34. The van der Waals surface area contributed by atoms with Crippen molar-refractivity contribution in [2.24, 2.45) is 18.4 Å². The minimum Gasteiger partial charge on any atom is -0.341 e. The summed E-state index contributed by atoms with van der Waals surface area (Å²) < 4.78 is 1.93. The van der Waals surface area contributed by atoms with Crippen LogP contribution >= 0.6 is 0 Å². The lowest BCUT2D eigenvalue weighted by molar-refractivity contribution is -0.134. The van der Waals surface area contributed by atoms with E-state index in [0.29, 0.717) is 31.7 Å². The zero-order valence-corrected chi connectivity index (χ0v) is 16.0. The van der Waals surface area contributed by atoms with Crippen molar-refractivity contribution in [2.75, 3.05) is 26.2 Å². The third-order valence-corrected chi connectivity index (χ3v) is 5.83. The minimum absolute atomic E-state index is 0.0394. The van der Waals surface area contributed by atoms with Crippen LogP contribution in [0.5, 0.6) is 0 Å². The van der Waals surface area contributed by atoms with Gasteiger partial charge in [-0.25, -0.2) is 0 Å². The van der Waals surface area contributed by atoms with Crippen LogP contribution in [0, 0.1) is 11.3 Å². The van der Waals surface area contributed by atoms with Gasteiger partial charge in [0.05, 0.1) is 0 Å². The average molecular weight is 367 g/mol. The lowest BCUT2D eigenvalue weighted by Gasteiger charge is -2.50. The number of amides is 2. The van der Waals surface area contributed by atoms with E-state index in [0.717, 1.165) is 5.82 Å². The molecule has 7 nitrogen and oxygen atoms in total. The highest BCUT2D eigenvalue weighted by Gasteiger charge is 2.58. The molecular formula is C20H25N5O2. The molecule has 27 heavy (non-hydrogen) atoms. The average Bonchev–Trinajstić information content (AvgIpc) is 3.23. The van der Waals surface area contributed by atoms with Crippen LogP contribution in [0.3, 0.4) is 0 Å². The van der Waals surface area contributed by atoms with E-state index in [2.05, 4.69) is 10.2 Å². The lowest BCUT2D eigenvalue weighted by Crippen LogP contribution is -2.61. The van der Waals surface area contributed by atoms with Gasteiger partial charge >= 0.3 is 0 Å². The summed E-state index contributed by atoms with van der Waals surface area (Å²) in [7, 11) is 1.93. The maximum absolute atomic E-state index is 12.8. The van der Waals surface area contributed by atoms with Crippen molar-refractivity contribution in [3.63, 3.8) is 0 Å². The third kappa shape index (κ3) is 2.91. The van der Waals surface area contributed by atoms with Gasteiger partial charge in [-0.15, -0.1) is 10.2 Å². The molecule has 0 radical (unpaired) electrons. The molecule has 0 bridgehead atoms. The smallest absolute Gasteiger partial charge is 0.253 e. The van der Waals surface area contributed by atoms with Crippen LogP contribution < -0.4 is 0 Å². The molecule has 2 aliphatic rings. The first kappa shape index (κ1) is 17.7. The van der Waals surface area contributed by atoms with Crippen LogP contribution in [-0.2, 0) is 11.8 Å². The Balaban J connectivity index is 1.57. The molecule has 7 heteroatoms. The molecule has 1 atom stereocenters. The number of benzene rings is 1. The molecule has 1 unspecified atom stereocenters. The van der Waals surface area contributed by atoms with Gasteiger partial charge in [-0.2, -0.15) is 0 Å². The van der Waals surface area contributed by atoms with Gasteiger partial charge in [0.15, 0.2) is 0 Å². The molecule has 3 heterocycles. The molecule has 2 saturated heterocycles. The van der Waals surface area contributed by atoms with Gasteiger partial charge in [0.25, 0.3) is 5.91 Å². The summed E-state index contributed by atoms with van der Waals surface area (Å²) in [6, 6.07) is 9.35. The number of aryl methyl sites for hydroxylation is 1. The number of rotatable bonds is 3. The van der Waals surface area contributed by atoms with Gasteiger partial charge < -0.3 is 14.4 Å². The first-order chi connectivity index (χ1) is 12.9. The van der Waals surface area contributed by atoms with Crippen LogP contribution in [0.15, 0.2) is 36.7 Å². The highest BCUT2D eigenvalue weighted by atomic mass is 16.2. The van der Waals surface area contributed by atoms with Gasteiger partial charge in [-0.1, -0.05) is 32.0 Å². The Morgan fingerprint density at radius 1 is 1.11 bits per heavy atom. The van der Waals surface area contributed by atoms with E-state index in [9.17, 15) is 9.59 Å². The molecule has 0 aliphatic carbocycles. The number of hydrogen-bond donors (Lipinski definition) is 0. The summed E-state index contributed by atoms with van der Waals surface area (Å²) in [5.74, 6) is 1.15. The number of hydrogen-bond acceptors (Lipinski definition) is 4. The fourth-order valence-corrected chi connectivity index (χ4v) is 4.41. The van der Waals surface area contributed by atoms with Crippen LogP contribution in [0.2, 0.25) is 0 Å². The molecule has 2 fully saturated rings. The lowest BCUT2D eigenvalue weighted by atomic mass is 9.71. The second kappa shape index (κ2) is 6.48. The second-order valence-electron chi connectivity index (χ2n) is 8.12. The minimum atomic E-state index is -0.143. The first-order valence-electron chi connectivity index (χ1n) is 9.38. The largest absolute Gasteiger partial charge is 0.341 e. The van der Waals surface area contributed by atoms with Gasteiger partial charge in [0, 0.05) is 56.0 Å². The van der Waals surface area contributed by atoms with E-state index in [4.69, 9.17) is 0 Å². The monoisotopic (exact) mass is 367 g/mol. The van der Waals surface area contributed by atoms with E-state index < -0.39 is 0 Å². The fraction of sp³-hybridized carbons (Fsp3) is 0.500. The molecule has 1 aromatic carbocycles. The Kier molecular flexibility index (Phi) is 4.25. The third-order valence-electron chi connectivity index (χ3n) is 5.83. The normalized spacial score (nSPS) is 21.0. The zero-order chi connectivity index (χ0) is 19.2. The second-order valence-corrected chi connectivity index (χ2v) is 8.12. The Morgan fingerprint density at radius 2 is 1.78 bits per heavy atom. The predicted octanol–water partition coefficient (Wildman–Crippen LogP) is 1.54. The van der Waals surface area contributed by atoms with Crippen LogP contribution in [0.4, 0.5) is 0 Å². The summed E-state index contributed by atoms with van der Waals surface area (Å²) >= 11 is 0. The molecule has 2 amide bonds. The molecule has 142 valence electrons. The van der Waals surface area contributed by atoms with Crippen molar-refractivity contribution in [1.29, 1.82) is 0 Å². The summed E-state index contributed by atoms with van der Waals surface area (Å²) in [6.07, 6.45) is 1.70. The van der Waals surface area contributed by atoms with Crippen LogP contribution in [0.25, 0.3) is 0 Å². The first-order valence-corrected chi connectivity index (χ1v) is 9.38. The number of carbonyl (C=O) groups is 2. The number of aromatic nitrogens is 3. The van der Waals surface area contributed by atoms with Crippen LogP contribution in [-0.4, -0.2) is 62.6 Å². The van der Waals surface area contributed by atoms with Crippen molar-refractivity contribution in [3.8, 4) is 0 Å². The number of likely N-dealkylation sites (tertiary alicyclic amines) is 2. The van der Waals surface area contributed by atoms with E-state index in [-0.39, 0.29) is 29.1 Å². The van der Waals surface area contributed by atoms with Crippen molar-refractivity contribution < 1.29 is 9.59 Å². The van der Waals surface area contributed by atoms with E-state index in [1.54, 1.807) is 6.33 Å². The predicted molar refractivity (Wildman–Crippen MR) is 99.9 cm³/mol. The van der Waals surface area contributed by atoms with Gasteiger partial charge in [0.1, 0.15) is 12.2 Å². The topological polar surface area (TPSA) is 71.3 Å². The van der Waals surface area contributed by atoms with E-state index in [1.807, 2.05) is 65.6 Å². The summed E-state index contributed by atoms with van der Waals surface area (Å²) in [5.41, 5.74) is 0.561. The van der Waals surface area contributed by atoms with Gasteiger partial charge in [-0.3, -0.25) is 9.59 Å². The number of carbonyl (C=O) groups excluding carboxylic acids is 2. The molecule has 1 spiro atoms. The molecule has 0 saturated carbocycles. The highest BCUT2D eigenvalue weighted by molar-refractivity contribution is 5.95. The molecular weight excluding hydrogens is 342 g/mol. The van der Waals surface area contributed by atoms with Crippen molar-refractivity contribution in [2.45, 2.75) is 19.8 Å². The van der Waals surface area contributed by atoms with E-state index >= 15 is 0 Å². The fourth-order valence-electron chi connectivity index (χ4n) is 4.41. The molecule has 2 aromatic rings. The summed E-state index contributed by atoms with van der Waals surface area (Å²) in [6.45, 7) is 6.44. The Bertz CT molecular complexity index is 854. The standard InChI is InChI=1S/C20H25N5O2/c1-14(2)18(26)24-9-16(17-22-21-13-23(17)3)20(10-24)11-25(12-20)19(27)15-7-5-4-6-8-15/h4-8,13-14,16H,9-12H2,1-3H3. The SMILES string of the molecule is CC(C)C(=O)N1CC(c2nncn2C)C2(CN(C(=O)c3ccccc3)C2)C1. The highest BCUT2D eigenvalue weighted by Crippen LogP contribution is 2.49. The Hall–Kier alpha value is -2.70. The zero-order valence-electron chi connectivity index (χ0n) is 16.0. The van der Waals surface area contributed by atoms with Crippen molar-refractivity contribution in [1.82, 2.24) is 24.6 Å². The Labute approximate surface area is 159 Å². The van der Waals surface area contributed by atoms with Gasteiger partial charge in [-0.05, 0) is 12.1 Å². The van der Waals surface area contributed by atoms with Crippen molar-refractivity contribution >= 4 is 11.8 Å². The molecule has 2 aliphatic heterocycles. The van der Waals surface area contributed by atoms with Gasteiger partial charge in [0.2, 0.25) is 5.91 Å². The quantitative estimate of drug-likeness (QED) is 0.825. The van der Waals surface area contributed by atoms with E-state index in [1.165, 1.54) is 0 Å². The Morgan fingerprint density at radius 3 is 2.37 bits per heavy atom. The molecule has 4 rings (SSSR count). The van der Waals surface area contributed by atoms with Crippen molar-refractivity contribution in [3.05, 3.63) is 48.0 Å². The molecule has 0 N–H and O–H groups in total. The maximum Gasteiger partial charge on any atom is 0.253 e. The summed E-state index contributed by atoms with van der Waals surface area (Å²) in [4.78, 5) is 29.2. The number of nitrogens with zero attached hydrogens (tertiary/aromatic N) is 5. The molecule has 1 aromatic heterocycles. The van der Waals surface area contributed by atoms with Crippen LogP contribution in [0.1, 0.15) is 35.9 Å². The maximum atomic E-state index is 12.8.